The molecule has 0 amide bonds. The lowest BCUT2D eigenvalue weighted by Gasteiger charge is -2.05. The Morgan fingerprint density at radius 3 is 1.68 bits per heavy atom. The average Bonchev–Trinajstić information content (AvgIpc) is 2.62. The van der Waals surface area contributed by atoms with E-state index in [0.717, 1.165) is 12.8 Å². The van der Waals surface area contributed by atoms with Crippen molar-refractivity contribution >= 4 is 17.6 Å². The smallest absolute Gasteiger partial charge is 0.338 e. The van der Waals surface area contributed by atoms with E-state index in [-0.39, 0.29) is 5.97 Å². The van der Waals surface area contributed by atoms with Gasteiger partial charge in [0.2, 0.25) is 0 Å². The van der Waals surface area contributed by atoms with Gasteiger partial charge >= 0.3 is 5.97 Å². The Balaban J connectivity index is 1.84. The number of benzene rings is 1. The molecule has 1 rings (SSSR count). The van der Waals surface area contributed by atoms with E-state index in [1.807, 2.05) is 0 Å². The van der Waals surface area contributed by atoms with Gasteiger partial charge in [-0.05, 0) is 30.7 Å². The maximum Gasteiger partial charge on any atom is 0.338 e. The summed E-state index contributed by atoms with van der Waals surface area (Å²) >= 11 is 5.81. The normalized spacial score (nSPS) is 10.8. The van der Waals surface area contributed by atoms with E-state index in [4.69, 9.17) is 16.3 Å². The van der Waals surface area contributed by atoms with Crippen molar-refractivity contribution in [3.05, 3.63) is 34.9 Å². The highest BCUT2D eigenvalue weighted by molar-refractivity contribution is 6.30. The van der Waals surface area contributed by atoms with E-state index in [9.17, 15) is 4.79 Å². The lowest BCUT2D eigenvalue weighted by atomic mass is 10.0. The van der Waals surface area contributed by atoms with Crippen molar-refractivity contribution in [1.29, 1.82) is 0 Å². The van der Waals surface area contributed by atoms with Crippen molar-refractivity contribution in [3.63, 3.8) is 0 Å². The van der Waals surface area contributed by atoms with Crippen LogP contribution < -0.4 is 0 Å². The largest absolute Gasteiger partial charge is 0.462 e. The summed E-state index contributed by atoms with van der Waals surface area (Å²) in [6, 6.07) is 6.83. The van der Waals surface area contributed by atoms with E-state index < -0.39 is 0 Å². The van der Waals surface area contributed by atoms with Gasteiger partial charge in [-0.2, -0.15) is 0 Å². The summed E-state index contributed by atoms with van der Waals surface area (Å²) in [6.07, 6.45) is 17.2. The molecule has 0 bridgehead atoms. The van der Waals surface area contributed by atoms with Crippen LogP contribution in [-0.4, -0.2) is 12.6 Å². The van der Waals surface area contributed by atoms with Gasteiger partial charge in [-0.1, -0.05) is 95.6 Å². The summed E-state index contributed by atoms with van der Waals surface area (Å²) in [5.74, 6) is -0.254. The third-order valence-electron chi connectivity index (χ3n) is 4.56. The van der Waals surface area contributed by atoms with Gasteiger partial charge in [-0.25, -0.2) is 4.79 Å². The lowest BCUT2D eigenvalue weighted by molar-refractivity contribution is 0.0497. The first-order valence-electron chi connectivity index (χ1n) is 10.2. The molecular weight excluding hydrogens is 332 g/mol. The molecule has 0 N–H and O–H groups in total. The maximum absolute atomic E-state index is 11.8. The fourth-order valence-electron chi connectivity index (χ4n) is 2.95. The van der Waals surface area contributed by atoms with Gasteiger partial charge in [0, 0.05) is 5.02 Å². The third-order valence-corrected chi connectivity index (χ3v) is 4.81. The fourth-order valence-corrected chi connectivity index (χ4v) is 3.08. The molecule has 0 aliphatic heterocycles. The molecule has 142 valence electrons. The molecule has 1 aromatic carbocycles. The maximum atomic E-state index is 11.8. The van der Waals surface area contributed by atoms with Crippen LogP contribution >= 0.6 is 11.6 Å². The zero-order valence-electron chi connectivity index (χ0n) is 15.9. The van der Waals surface area contributed by atoms with Crippen molar-refractivity contribution in [2.75, 3.05) is 6.61 Å². The molecular formula is C22H35ClO2. The molecule has 0 radical (unpaired) electrons. The molecule has 0 heterocycles. The van der Waals surface area contributed by atoms with Gasteiger partial charge in [-0.3, -0.25) is 0 Å². The Labute approximate surface area is 159 Å². The van der Waals surface area contributed by atoms with Crippen molar-refractivity contribution in [1.82, 2.24) is 0 Å². The molecule has 25 heavy (non-hydrogen) atoms. The number of rotatable bonds is 15. The summed E-state index contributed by atoms with van der Waals surface area (Å²) in [5, 5.41) is 0.632. The highest BCUT2D eigenvalue weighted by Gasteiger charge is 2.06. The van der Waals surface area contributed by atoms with Gasteiger partial charge in [0.25, 0.3) is 0 Å². The second kappa shape index (κ2) is 15.3. The Hall–Kier alpha value is -1.02. The number of halogens is 1. The summed E-state index contributed by atoms with van der Waals surface area (Å²) in [5.41, 5.74) is 0.569. The molecule has 0 atom stereocenters. The zero-order chi connectivity index (χ0) is 18.2. The SMILES string of the molecule is CCCCCCCCCCCCCCCOC(=O)c1ccc(Cl)cc1. The first kappa shape index (κ1) is 22.0. The summed E-state index contributed by atoms with van der Waals surface area (Å²) in [6.45, 7) is 2.78. The molecule has 0 spiro atoms. The fraction of sp³-hybridized carbons (Fsp3) is 0.682. The molecule has 0 saturated carbocycles. The van der Waals surface area contributed by atoms with Crippen LogP contribution in [0.15, 0.2) is 24.3 Å². The lowest BCUT2D eigenvalue weighted by Crippen LogP contribution is -2.06. The van der Waals surface area contributed by atoms with Crippen molar-refractivity contribution in [2.45, 2.75) is 90.4 Å². The molecule has 3 heteroatoms. The van der Waals surface area contributed by atoms with Gasteiger partial charge in [0.1, 0.15) is 0 Å². The zero-order valence-corrected chi connectivity index (χ0v) is 16.7. The number of carbonyl (C=O) groups is 1. The Morgan fingerprint density at radius 1 is 0.760 bits per heavy atom. The molecule has 0 saturated heterocycles. The summed E-state index contributed by atoms with van der Waals surface area (Å²) < 4.78 is 5.29. The minimum absolute atomic E-state index is 0.254. The molecule has 0 fully saturated rings. The van der Waals surface area contributed by atoms with Crippen LogP contribution in [0.3, 0.4) is 0 Å². The van der Waals surface area contributed by atoms with Gasteiger partial charge in [0.15, 0.2) is 0 Å². The molecule has 2 nitrogen and oxygen atoms in total. The van der Waals surface area contributed by atoms with E-state index >= 15 is 0 Å². The number of unbranched alkanes of at least 4 members (excludes halogenated alkanes) is 12. The van der Waals surface area contributed by atoms with Crippen LogP contribution in [0.1, 0.15) is 101 Å². The van der Waals surface area contributed by atoms with E-state index in [1.54, 1.807) is 24.3 Å². The molecule has 0 aliphatic rings. The standard InChI is InChI=1S/C22H35ClO2/c1-2-3-4-5-6-7-8-9-10-11-12-13-14-19-25-22(24)20-15-17-21(23)18-16-20/h15-18H,2-14,19H2,1H3. The minimum Gasteiger partial charge on any atom is -0.462 e. The number of esters is 1. The number of hydrogen-bond acceptors (Lipinski definition) is 2. The summed E-state index contributed by atoms with van der Waals surface area (Å²) in [4.78, 5) is 11.8. The highest BCUT2D eigenvalue weighted by atomic mass is 35.5. The van der Waals surface area contributed by atoms with E-state index in [2.05, 4.69) is 6.92 Å². The molecule has 0 unspecified atom stereocenters. The number of carbonyl (C=O) groups excluding carboxylic acids is 1. The van der Waals surface area contributed by atoms with Crippen LogP contribution in [0, 0.1) is 0 Å². The molecule has 1 aromatic rings. The van der Waals surface area contributed by atoms with Crippen molar-refractivity contribution < 1.29 is 9.53 Å². The second-order valence-electron chi connectivity index (χ2n) is 6.89. The van der Waals surface area contributed by atoms with E-state index in [1.165, 1.54) is 70.6 Å². The van der Waals surface area contributed by atoms with Crippen LogP contribution in [0.2, 0.25) is 5.02 Å². The van der Waals surface area contributed by atoms with Gasteiger partial charge < -0.3 is 4.74 Å². The van der Waals surface area contributed by atoms with Gasteiger partial charge in [-0.15, -0.1) is 0 Å². The monoisotopic (exact) mass is 366 g/mol. The van der Waals surface area contributed by atoms with Gasteiger partial charge in [0.05, 0.1) is 12.2 Å². The highest BCUT2D eigenvalue weighted by Crippen LogP contribution is 2.13. The number of ether oxygens (including phenoxy) is 1. The first-order valence-corrected chi connectivity index (χ1v) is 10.5. The minimum atomic E-state index is -0.254. The quantitative estimate of drug-likeness (QED) is 0.236. The third kappa shape index (κ3) is 12.0. The van der Waals surface area contributed by atoms with Crippen LogP contribution in [0.25, 0.3) is 0 Å². The van der Waals surface area contributed by atoms with Crippen LogP contribution in [0.5, 0.6) is 0 Å². The second-order valence-corrected chi connectivity index (χ2v) is 7.32. The Kier molecular flexibility index (Phi) is 13.4. The Bertz CT molecular complexity index is 442. The topological polar surface area (TPSA) is 26.3 Å². The van der Waals surface area contributed by atoms with Crippen molar-refractivity contribution in [2.24, 2.45) is 0 Å². The Morgan fingerprint density at radius 2 is 1.20 bits per heavy atom. The van der Waals surface area contributed by atoms with E-state index in [0.29, 0.717) is 17.2 Å². The van der Waals surface area contributed by atoms with Crippen LogP contribution in [-0.2, 0) is 4.74 Å². The predicted molar refractivity (Wildman–Crippen MR) is 107 cm³/mol. The van der Waals surface area contributed by atoms with Crippen LogP contribution in [0.4, 0.5) is 0 Å². The number of hydrogen-bond donors (Lipinski definition) is 0. The molecule has 0 aromatic heterocycles. The van der Waals surface area contributed by atoms with Crippen molar-refractivity contribution in [3.8, 4) is 0 Å². The first-order chi connectivity index (χ1) is 12.2. The summed E-state index contributed by atoms with van der Waals surface area (Å²) in [7, 11) is 0. The average molecular weight is 367 g/mol. The molecule has 0 aliphatic carbocycles. The predicted octanol–water partition coefficient (Wildman–Crippen LogP) is 7.59.